The molecule has 0 bridgehead atoms. The van der Waals surface area contributed by atoms with E-state index in [0.29, 0.717) is 5.76 Å². The molecule has 1 saturated heterocycles. The quantitative estimate of drug-likeness (QED) is 0.502. The number of hydrogen-bond acceptors (Lipinski definition) is 6. The van der Waals surface area contributed by atoms with Crippen LogP contribution < -0.4 is 5.32 Å². The van der Waals surface area contributed by atoms with Gasteiger partial charge in [0.05, 0.1) is 12.4 Å². The maximum atomic E-state index is 13.1. The molecule has 1 aromatic heterocycles. The molecule has 1 fully saturated rings. The predicted molar refractivity (Wildman–Crippen MR) is 133 cm³/mol. The average Bonchev–Trinajstić information content (AvgIpc) is 3.26. The molecule has 0 spiro atoms. The summed E-state index contributed by atoms with van der Waals surface area (Å²) in [7, 11) is -3.81. The van der Waals surface area contributed by atoms with Gasteiger partial charge in [0.15, 0.2) is 15.6 Å². The molecule has 1 unspecified atom stereocenters. The van der Waals surface area contributed by atoms with Crippen LogP contribution in [-0.2, 0) is 29.9 Å². The number of hydrogen-bond donors (Lipinski definition) is 1. The van der Waals surface area contributed by atoms with Gasteiger partial charge in [0.1, 0.15) is 29.4 Å². The lowest BCUT2D eigenvalue weighted by atomic mass is 9.94. The number of carbonyl (C=O) groups is 2. The van der Waals surface area contributed by atoms with E-state index in [2.05, 4.69) is 12.2 Å². The first-order valence-corrected chi connectivity index (χ1v) is 11.7. The van der Waals surface area contributed by atoms with Crippen LogP contribution in [0.4, 0.5) is 0 Å². The van der Waals surface area contributed by atoms with E-state index in [1.165, 1.54) is 6.26 Å². The number of sulfone groups is 1. The first kappa shape index (κ1) is 32.2. The Labute approximate surface area is 200 Å². The molecule has 182 valence electrons. The van der Waals surface area contributed by atoms with Crippen LogP contribution in [0.15, 0.2) is 22.8 Å². The van der Waals surface area contributed by atoms with Gasteiger partial charge in [0.2, 0.25) is 5.91 Å². The molecule has 1 aromatic rings. The van der Waals surface area contributed by atoms with Gasteiger partial charge in [0.25, 0.3) is 0 Å². The van der Waals surface area contributed by atoms with E-state index in [1.54, 1.807) is 19.1 Å². The Bertz CT molecular complexity index is 751. The largest absolute Gasteiger partial charge is 0.468 e. The summed E-state index contributed by atoms with van der Waals surface area (Å²) in [5, 5.41) is 1.40. The lowest BCUT2D eigenvalue weighted by molar-refractivity contribution is -0.126. The van der Waals surface area contributed by atoms with Crippen LogP contribution in [0.1, 0.15) is 66.1 Å². The Hall–Kier alpha value is -0.970. The summed E-state index contributed by atoms with van der Waals surface area (Å²) in [5.41, 5.74) is 0. The zero-order chi connectivity index (χ0) is 20.7. The SMILES string of the molecule is C.CCCCC(CC)C[C@@H](C(=O)N[C@@H]1C(=O)CO[C@@H]1C)S(=O)(=O)Cc1ccco1.S.S. The third kappa shape index (κ3) is 9.19. The second-order valence-electron chi connectivity index (χ2n) is 7.50. The van der Waals surface area contributed by atoms with Gasteiger partial charge in [-0.25, -0.2) is 8.42 Å². The highest BCUT2D eigenvalue weighted by molar-refractivity contribution is 7.92. The number of furan rings is 1. The molecule has 0 saturated carbocycles. The fraction of sp³-hybridized carbons (Fsp3) is 0.714. The molecule has 0 radical (unpaired) electrons. The van der Waals surface area contributed by atoms with Gasteiger partial charge in [-0.05, 0) is 31.4 Å². The number of ketones is 1. The highest BCUT2D eigenvalue weighted by Gasteiger charge is 2.40. The van der Waals surface area contributed by atoms with E-state index in [1.807, 2.05) is 6.92 Å². The van der Waals surface area contributed by atoms with Crippen LogP contribution in [0, 0.1) is 5.92 Å². The highest BCUT2D eigenvalue weighted by atomic mass is 32.2. The van der Waals surface area contributed by atoms with E-state index < -0.39 is 33.1 Å². The molecule has 31 heavy (non-hydrogen) atoms. The number of nitrogens with one attached hydrogen (secondary N) is 1. The van der Waals surface area contributed by atoms with Crippen molar-refractivity contribution in [3.05, 3.63) is 24.2 Å². The fourth-order valence-corrected chi connectivity index (χ4v) is 5.22. The number of Topliss-reactive ketones (excluding diaryl/α,β-unsaturated/α-hetero) is 1. The summed E-state index contributed by atoms with van der Waals surface area (Å²) in [5.74, 6) is -0.784. The van der Waals surface area contributed by atoms with Crippen LogP contribution >= 0.6 is 27.0 Å². The molecule has 4 atom stereocenters. The van der Waals surface area contributed by atoms with Crippen molar-refractivity contribution in [2.24, 2.45) is 5.92 Å². The highest BCUT2D eigenvalue weighted by Crippen LogP contribution is 2.25. The van der Waals surface area contributed by atoms with Gasteiger partial charge >= 0.3 is 0 Å². The van der Waals surface area contributed by atoms with E-state index >= 15 is 0 Å². The van der Waals surface area contributed by atoms with E-state index in [0.717, 1.165) is 25.7 Å². The summed E-state index contributed by atoms with van der Waals surface area (Å²) >= 11 is 0. The minimum absolute atomic E-state index is 0. The van der Waals surface area contributed by atoms with Crippen LogP contribution in [-0.4, -0.2) is 44.1 Å². The fourth-order valence-electron chi connectivity index (χ4n) is 3.50. The van der Waals surface area contributed by atoms with Crippen molar-refractivity contribution >= 4 is 48.5 Å². The van der Waals surface area contributed by atoms with Crippen molar-refractivity contribution in [1.29, 1.82) is 0 Å². The summed E-state index contributed by atoms with van der Waals surface area (Å²) < 4.78 is 36.6. The van der Waals surface area contributed by atoms with Crippen molar-refractivity contribution in [3.8, 4) is 0 Å². The third-order valence-electron chi connectivity index (χ3n) is 5.34. The molecule has 1 amide bonds. The molecular formula is C21H39NO6S3. The molecule has 10 heteroatoms. The number of ether oxygens (including phenoxy) is 1. The summed E-state index contributed by atoms with van der Waals surface area (Å²) in [4.78, 5) is 24.9. The van der Waals surface area contributed by atoms with Gasteiger partial charge in [-0.1, -0.05) is 47.0 Å². The van der Waals surface area contributed by atoms with Crippen molar-refractivity contribution in [2.45, 2.75) is 83.5 Å². The Morgan fingerprint density at radius 3 is 2.45 bits per heavy atom. The second kappa shape index (κ2) is 15.0. The van der Waals surface area contributed by atoms with Gasteiger partial charge in [-0.2, -0.15) is 27.0 Å². The zero-order valence-electron chi connectivity index (χ0n) is 17.8. The standard InChI is InChI=1S/C20H31NO6S.CH4.2H2S/c1-4-6-8-15(5-2)11-18(28(24,25)13-16-9-7-10-26-16)20(23)21-19-14(3)27-12-17(19)22;;;/h7,9-10,14-15,18-19H,4-6,8,11-13H2,1-3H3,(H,21,23);1H4;2*1H2/t14-,15?,18+,19+;;;/m1.../s1. The molecular weight excluding hydrogens is 458 g/mol. The molecule has 7 nitrogen and oxygen atoms in total. The molecule has 0 aromatic carbocycles. The van der Waals surface area contributed by atoms with Gasteiger partial charge in [0, 0.05) is 0 Å². The number of carbonyl (C=O) groups excluding carboxylic acids is 2. The maximum Gasteiger partial charge on any atom is 0.239 e. The first-order chi connectivity index (χ1) is 13.3. The van der Waals surface area contributed by atoms with Crippen molar-refractivity contribution in [3.63, 3.8) is 0 Å². The van der Waals surface area contributed by atoms with Crippen LogP contribution in [0.3, 0.4) is 0 Å². The molecule has 2 heterocycles. The zero-order valence-corrected chi connectivity index (χ0v) is 20.7. The Morgan fingerprint density at radius 2 is 1.97 bits per heavy atom. The summed E-state index contributed by atoms with van der Waals surface area (Å²) in [6.45, 7) is 5.71. The van der Waals surface area contributed by atoms with Crippen LogP contribution in [0.2, 0.25) is 0 Å². The molecule has 2 rings (SSSR count). The van der Waals surface area contributed by atoms with Crippen molar-refractivity contribution in [1.82, 2.24) is 5.32 Å². The smallest absolute Gasteiger partial charge is 0.239 e. The monoisotopic (exact) mass is 497 g/mol. The van der Waals surface area contributed by atoms with E-state index in [9.17, 15) is 18.0 Å². The maximum absolute atomic E-state index is 13.1. The molecule has 1 N–H and O–H groups in total. The lowest BCUT2D eigenvalue weighted by Crippen LogP contribution is -2.50. The first-order valence-electron chi connectivity index (χ1n) is 9.97. The van der Waals surface area contributed by atoms with Gasteiger partial charge in [-0.15, -0.1) is 0 Å². The lowest BCUT2D eigenvalue weighted by Gasteiger charge is -2.24. The summed E-state index contributed by atoms with van der Waals surface area (Å²) in [6, 6.07) is 2.40. The van der Waals surface area contributed by atoms with Crippen molar-refractivity contribution in [2.75, 3.05) is 6.61 Å². The molecule has 1 aliphatic heterocycles. The predicted octanol–water partition coefficient (Wildman–Crippen LogP) is 3.50. The Balaban J connectivity index is 0. The van der Waals surface area contributed by atoms with Gasteiger partial charge < -0.3 is 14.5 Å². The molecule has 0 aliphatic carbocycles. The topological polar surface area (TPSA) is 103 Å². The van der Waals surface area contributed by atoms with E-state index in [-0.39, 0.29) is 64.9 Å². The van der Waals surface area contributed by atoms with Crippen LogP contribution in [0.5, 0.6) is 0 Å². The normalized spacial score (nSPS) is 20.0. The van der Waals surface area contributed by atoms with E-state index in [4.69, 9.17) is 9.15 Å². The second-order valence-corrected chi connectivity index (χ2v) is 9.68. The minimum Gasteiger partial charge on any atom is -0.468 e. The molecule has 1 aliphatic rings. The number of amides is 1. The summed E-state index contributed by atoms with van der Waals surface area (Å²) in [6.07, 6.45) is 4.84. The minimum atomic E-state index is -3.81. The Morgan fingerprint density at radius 1 is 1.29 bits per heavy atom. The van der Waals surface area contributed by atoms with Crippen LogP contribution in [0.25, 0.3) is 0 Å². The average molecular weight is 498 g/mol. The number of unbranched alkanes of at least 4 members (excludes halogenated alkanes) is 1. The number of rotatable bonds is 11. The van der Waals surface area contributed by atoms with Gasteiger partial charge in [-0.3, -0.25) is 9.59 Å². The third-order valence-corrected chi connectivity index (χ3v) is 7.30. The Kier molecular flexibility index (Phi) is 15.6. The van der Waals surface area contributed by atoms with Crippen molar-refractivity contribution < 1.29 is 27.2 Å².